The molecule has 2 rings (SSSR count). The average Bonchev–Trinajstić information content (AvgIpc) is 2.61. The van der Waals surface area contributed by atoms with Crippen LogP contribution in [0.1, 0.15) is 25.7 Å². The molecule has 14 heavy (non-hydrogen) atoms. The maximum absolute atomic E-state index is 11.2. The molecule has 0 bridgehead atoms. The van der Waals surface area contributed by atoms with Crippen molar-refractivity contribution < 1.29 is 13.5 Å². The van der Waals surface area contributed by atoms with Gasteiger partial charge in [0.25, 0.3) is 0 Å². The lowest BCUT2D eigenvalue weighted by Crippen LogP contribution is -2.43. The zero-order valence-corrected chi connectivity index (χ0v) is 8.96. The van der Waals surface area contributed by atoms with Gasteiger partial charge in [-0.1, -0.05) is 0 Å². The molecule has 1 heterocycles. The molecule has 5 heteroatoms. The Balaban J connectivity index is 1.87. The molecule has 0 aromatic heterocycles. The monoisotopic (exact) mass is 219 g/mol. The number of rotatable bonds is 2. The van der Waals surface area contributed by atoms with Crippen LogP contribution < -0.4 is 5.32 Å². The molecule has 1 unspecified atom stereocenters. The van der Waals surface area contributed by atoms with Crippen LogP contribution in [-0.2, 0) is 9.84 Å². The molecule has 2 aliphatic rings. The zero-order chi connectivity index (χ0) is 10.2. The van der Waals surface area contributed by atoms with Crippen LogP contribution in [0.2, 0.25) is 0 Å². The van der Waals surface area contributed by atoms with E-state index < -0.39 is 9.84 Å². The van der Waals surface area contributed by atoms with E-state index in [0.29, 0.717) is 12.2 Å². The molecule has 2 fully saturated rings. The van der Waals surface area contributed by atoms with Crippen molar-refractivity contribution >= 4 is 9.84 Å². The van der Waals surface area contributed by atoms with Gasteiger partial charge in [0.05, 0.1) is 17.6 Å². The van der Waals surface area contributed by atoms with Gasteiger partial charge in [-0.3, -0.25) is 0 Å². The Morgan fingerprint density at radius 2 is 2.00 bits per heavy atom. The predicted molar refractivity (Wildman–Crippen MR) is 53.8 cm³/mol. The molecule has 0 spiro atoms. The number of aliphatic hydroxyl groups is 1. The summed E-state index contributed by atoms with van der Waals surface area (Å²) in [6, 6.07) is 0.186. The smallest absolute Gasteiger partial charge is 0.151 e. The first kappa shape index (κ1) is 10.4. The highest BCUT2D eigenvalue weighted by Gasteiger charge is 2.32. The van der Waals surface area contributed by atoms with E-state index in [1.54, 1.807) is 0 Å². The number of hydrogen-bond donors (Lipinski definition) is 2. The summed E-state index contributed by atoms with van der Waals surface area (Å²) < 4.78 is 22.4. The lowest BCUT2D eigenvalue weighted by Gasteiger charge is -2.20. The van der Waals surface area contributed by atoms with Crippen molar-refractivity contribution in [3.8, 4) is 0 Å². The SMILES string of the molecule is O=S1(=O)CCC(N[C@@H]2CCC[C@H]2O)C1. The van der Waals surface area contributed by atoms with E-state index in [0.717, 1.165) is 19.3 Å². The van der Waals surface area contributed by atoms with Crippen molar-refractivity contribution in [1.29, 1.82) is 0 Å². The number of aliphatic hydroxyl groups excluding tert-OH is 1. The van der Waals surface area contributed by atoms with E-state index in [1.165, 1.54) is 0 Å². The van der Waals surface area contributed by atoms with E-state index in [2.05, 4.69) is 5.32 Å². The molecular weight excluding hydrogens is 202 g/mol. The average molecular weight is 219 g/mol. The van der Waals surface area contributed by atoms with Crippen LogP contribution in [0, 0.1) is 0 Å². The highest BCUT2D eigenvalue weighted by Crippen LogP contribution is 2.21. The standard InChI is InChI=1S/C9H17NO3S/c11-9-3-1-2-8(9)10-7-4-5-14(12,13)6-7/h7-11H,1-6H2/t7?,8-,9-/m1/s1. The first-order valence-corrected chi connectivity index (χ1v) is 7.03. The second kappa shape index (κ2) is 3.79. The fourth-order valence-corrected chi connectivity index (χ4v) is 4.05. The molecule has 0 aromatic rings. The lowest BCUT2D eigenvalue weighted by molar-refractivity contribution is 0.144. The molecule has 4 nitrogen and oxygen atoms in total. The Labute approximate surface area is 84.6 Å². The minimum absolute atomic E-state index is 0.0674. The molecule has 2 N–H and O–H groups in total. The molecule has 1 saturated heterocycles. The number of sulfone groups is 1. The lowest BCUT2D eigenvalue weighted by atomic mass is 10.1. The Morgan fingerprint density at radius 3 is 2.50 bits per heavy atom. The second-order valence-electron chi connectivity index (χ2n) is 4.37. The van der Waals surface area contributed by atoms with E-state index in [-0.39, 0.29) is 23.9 Å². The summed E-state index contributed by atoms with van der Waals surface area (Å²) in [5.41, 5.74) is 0. The van der Waals surface area contributed by atoms with Crippen molar-refractivity contribution in [1.82, 2.24) is 5.32 Å². The third-order valence-electron chi connectivity index (χ3n) is 3.16. The van der Waals surface area contributed by atoms with Gasteiger partial charge >= 0.3 is 0 Å². The third kappa shape index (κ3) is 2.27. The van der Waals surface area contributed by atoms with Crippen LogP contribution in [-0.4, -0.2) is 43.2 Å². The van der Waals surface area contributed by atoms with Gasteiger partial charge in [-0.2, -0.15) is 0 Å². The van der Waals surface area contributed by atoms with Gasteiger partial charge < -0.3 is 10.4 Å². The van der Waals surface area contributed by atoms with Crippen LogP contribution in [0.3, 0.4) is 0 Å². The molecule has 1 aliphatic heterocycles. The molecule has 0 aromatic carbocycles. The van der Waals surface area contributed by atoms with E-state index >= 15 is 0 Å². The van der Waals surface area contributed by atoms with Gasteiger partial charge in [0.2, 0.25) is 0 Å². The Hall–Kier alpha value is -0.130. The van der Waals surface area contributed by atoms with Crippen molar-refractivity contribution in [3.63, 3.8) is 0 Å². The van der Waals surface area contributed by atoms with Crippen LogP contribution in [0.25, 0.3) is 0 Å². The summed E-state index contributed by atoms with van der Waals surface area (Å²) >= 11 is 0. The topological polar surface area (TPSA) is 66.4 Å². The second-order valence-corrected chi connectivity index (χ2v) is 6.60. The van der Waals surface area contributed by atoms with Crippen LogP contribution in [0.5, 0.6) is 0 Å². The minimum Gasteiger partial charge on any atom is -0.392 e. The normalized spacial score (nSPS) is 41.6. The van der Waals surface area contributed by atoms with Gasteiger partial charge in [0.15, 0.2) is 9.84 Å². The highest BCUT2D eigenvalue weighted by molar-refractivity contribution is 7.91. The Kier molecular flexibility index (Phi) is 2.81. The van der Waals surface area contributed by atoms with Crippen LogP contribution in [0.4, 0.5) is 0 Å². The van der Waals surface area contributed by atoms with Crippen LogP contribution in [0.15, 0.2) is 0 Å². The fourth-order valence-electron chi connectivity index (χ4n) is 2.36. The first-order chi connectivity index (χ1) is 6.57. The molecule has 82 valence electrons. The zero-order valence-electron chi connectivity index (χ0n) is 8.15. The Bertz CT molecular complexity index is 301. The van der Waals surface area contributed by atoms with Gasteiger partial charge in [0.1, 0.15) is 0 Å². The maximum Gasteiger partial charge on any atom is 0.151 e. The molecule has 0 radical (unpaired) electrons. The molecule has 1 saturated carbocycles. The quantitative estimate of drug-likeness (QED) is 0.668. The van der Waals surface area contributed by atoms with Crippen molar-refractivity contribution in [2.45, 2.75) is 43.9 Å². The van der Waals surface area contributed by atoms with Gasteiger partial charge in [-0.05, 0) is 25.7 Å². The van der Waals surface area contributed by atoms with E-state index in [4.69, 9.17) is 0 Å². The summed E-state index contributed by atoms with van der Waals surface area (Å²) in [5, 5.41) is 12.8. The van der Waals surface area contributed by atoms with Crippen molar-refractivity contribution in [2.75, 3.05) is 11.5 Å². The minimum atomic E-state index is -2.80. The summed E-state index contributed by atoms with van der Waals surface area (Å²) in [6.45, 7) is 0. The molecule has 3 atom stereocenters. The molecule has 1 aliphatic carbocycles. The van der Waals surface area contributed by atoms with Gasteiger partial charge in [0, 0.05) is 12.1 Å². The Morgan fingerprint density at radius 1 is 1.21 bits per heavy atom. The predicted octanol–water partition coefficient (Wildman–Crippen LogP) is -0.324. The van der Waals surface area contributed by atoms with E-state index in [1.807, 2.05) is 0 Å². The summed E-state index contributed by atoms with van der Waals surface area (Å²) in [5.74, 6) is 0.545. The number of nitrogens with one attached hydrogen (secondary N) is 1. The van der Waals surface area contributed by atoms with Gasteiger partial charge in [-0.15, -0.1) is 0 Å². The largest absolute Gasteiger partial charge is 0.392 e. The molecule has 0 amide bonds. The van der Waals surface area contributed by atoms with Crippen LogP contribution >= 0.6 is 0 Å². The summed E-state index contributed by atoms with van der Waals surface area (Å²) in [7, 11) is -2.80. The van der Waals surface area contributed by atoms with Gasteiger partial charge in [-0.25, -0.2) is 8.42 Å². The number of hydrogen-bond acceptors (Lipinski definition) is 4. The molecular formula is C9H17NO3S. The van der Waals surface area contributed by atoms with Crippen molar-refractivity contribution in [2.24, 2.45) is 0 Å². The third-order valence-corrected chi connectivity index (χ3v) is 4.93. The summed E-state index contributed by atoms with van der Waals surface area (Å²) in [6.07, 6.45) is 3.27. The first-order valence-electron chi connectivity index (χ1n) is 5.21. The van der Waals surface area contributed by atoms with E-state index in [9.17, 15) is 13.5 Å². The maximum atomic E-state index is 11.2. The van der Waals surface area contributed by atoms with Crippen molar-refractivity contribution in [3.05, 3.63) is 0 Å². The highest BCUT2D eigenvalue weighted by atomic mass is 32.2. The fraction of sp³-hybridized carbons (Fsp3) is 1.00. The summed E-state index contributed by atoms with van der Waals surface area (Å²) in [4.78, 5) is 0.